The first-order valence-corrected chi connectivity index (χ1v) is 16.8. The van der Waals surface area contributed by atoms with Crippen LogP contribution in [0.2, 0.25) is 4.82 Å². The molecule has 0 N–H and O–H groups in total. The van der Waals surface area contributed by atoms with Gasteiger partial charge < -0.3 is 0 Å². The van der Waals surface area contributed by atoms with Gasteiger partial charge in [-0.25, -0.2) is 87.8 Å². The van der Waals surface area contributed by atoms with Crippen molar-refractivity contribution < 1.29 is 104 Å². The van der Waals surface area contributed by atoms with Crippen LogP contribution < -0.4 is 21.9 Å². The van der Waals surface area contributed by atoms with Crippen LogP contribution in [0.25, 0.3) is 0 Å². The summed E-state index contributed by atoms with van der Waals surface area (Å²) < 4.78 is 294. The SMILES string of the molecule is CC(C)c1ccccc1.Fc1c(F)c(F)c([B-](c2c(F)c(F)c(F)c(F)c2F)(c2c(F)c(F)c(F)c(F)c2F)c2c(F)c(F)c(F)c(F)c2F)c(F)c1F.[Fe+][CH]1C=CC=C1. The molecule has 1 aliphatic rings. The fourth-order valence-corrected chi connectivity index (χ4v) is 6.36. The summed E-state index contributed by atoms with van der Waals surface area (Å²) in [5, 5.41) is 0. The van der Waals surface area contributed by atoms with E-state index in [2.05, 4.69) is 66.3 Å². The van der Waals surface area contributed by atoms with E-state index in [9.17, 15) is 52.7 Å². The summed E-state index contributed by atoms with van der Waals surface area (Å²) in [5.74, 6) is -70.7. The fraction of sp³-hybridized carbons (Fsp3) is 0.105. The summed E-state index contributed by atoms with van der Waals surface area (Å²) in [6.07, 6.45) is 0.917. The first kappa shape index (κ1) is 47.4. The molecule has 5 aromatic rings. The van der Waals surface area contributed by atoms with Gasteiger partial charge >= 0.3 is 45.1 Å². The minimum atomic E-state index is -7.22. The van der Waals surface area contributed by atoms with Gasteiger partial charge in [0.05, 0.1) is 0 Å². The Morgan fingerprint density at radius 1 is 0.350 bits per heavy atom. The Bertz CT molecular complexity index is 2140. The molecule has 0 aliphatic heterocycles. The molecule has 0 saturated carbocycles. The predicted molar refractivity (Wildman–Crippen MR) is 172 cm³/mol. The Balaban J connectivity index is 0.000000439. The zero-order chi connectivity index (χ0) is 45.5. The summed E-state index contributed by atoms with van der Waals surface area (Å²) in [4.78, 5) is 0.435. The summed E-state index contributed by atoms with van der Waals surface area (Å²) in [6, 6.07) is 10.5. The molecule has 320 valence electrons. The second-order valence-corrected chi connectivity index (χ2v) is 13.3. The van der Waals surface area contributed by atoms with Gasteiger partial charge in [0, 0.05) is 0 Å². The molecule has 22 heteroatoms. The van der Waals surface area contributed by atoms with E-state index in [4.69, 9.17) is 0 Å². The van der Waals surface area contributed by atoms with E-state index in [1.165, 1.54) is 5.56 Å². The van der Waals surface area contributed by atoms with Crippen molar-refractivity contribution in [1.29, 1.82) is 0 Å². The average Bonchev–Trinajstić information content (AvgIpc) is 3.72. The summed E-state index contributed by atoms with van der Waals surface area (Å²) in [5.41, 5.74) is -12.9. The molecule has 0 radical (unpaired) electrons. The minimum absolute atomic E-state index is 0.435. The number of halogens is 20. The molecule has 0 amide bonds. The average molecular weight is 920 g/mol. The molecule has 0 bridgehead atoms. The monoisotopic (exact) mass is 920 g/mol. The molecule has 0 spiro atoms. The molecule has 0 saturated heterocycles. The topological polar surface area (TPSA) is 0 Å². The van der Waals surface area contributed by atoms with Gasteiger partial charge in [-0.15, -0.1) is 21.9 Å². The summed E-state index contributed by atoms with van der Waals surface area (Å²) in [7, 11) is 0. The van der Waals surface area contributed by atoms with Crippen molar-refractivity contribution in [2.45, 2.75) is 24.6 Å². The Morgan fingerprint density at radius 3 is 0.700 bits per heavy atom. The Morgan fingerprint density at radius 2 is 0.550 bits per heavy atom. The van der Waals surface area contributed by atoms with Gasteiger partial charge in [0.15, 0.2) is 69.8 Å². The van der Waals surface area contributed by atoms with Crippen molar-refractivity contribution in [2.24, 2.45) is 0 Å². The van der Waals surface area contributed by atoms with E-state index in [-0.39, 0.29) is 0 Å². The van der Waals surface area contributed by atoms with Crippen LogP contribution >= 0.6 is 0 Å². The van der Waals surface area contributed by atoms with E-state index in [1.807, 2.05) is 18.2 Å². The van der Waals surface area contributed by atoms with Crippen molar-refractivity contribution in [2.75, 3.05) is 0 Å². The van der Waals surface area contributed by atoms with Gasteiger partial charge in [0.1, 0.15) is 52.7 Å². The molecule has 0 fully saturated rings. The van der Waals surface area contributed by atoms with Crippen LogP contribution in [0.15, 0.2) is 54.6 Å². The number of benzene rings is 5. The summed E-state index contributed by atoms with van der Waals surface area (Å²) in [6.45, 7) is 4.41. The Kier molecular flexibility index (Phi) is 14.4. The van der Waals surface area contributed by atoms with Crippen molar-refractivity contribution >= 4 is 28.0 Å². The maximum atomic E-state index is 15.4. The van der Waals surface area contributed by atoms with Gasteiger partial charge in [-0.2, -0.15) is 0 Å². The molecule has 1 aliphatic carbocycles. The van der Waals surface area contributed by atoms with E-state index in [1.54, 1.807) is 0 Å². The Hall–Kier alpha value is -5.24. The second kappa shape index (κ2) is 18.2. The van der Waals surface area contributed by atoms with Crippen molar-refractivity contribution in [3.05, 3.63) is 177 Å². The van der Waals surface area contributed by atoms with Crippen LogP contribution in [0.4, 0.5) is 87.8 Å². The number of rotatable bonds is 5. The molecule has 0 nitrogen and oxygen atoms in total. The molecule has 6 rings (SSSR count). The quantitative estimate of drug-likeness (QED) is 0.0714. The van der Waals surface area contributed by atoms with Gasteiger partial charge in [-0.3, -0.25) is 0 Å². The number of hydrogen-bond donors (Lipinski definition) is 0. The third kappa shape index (κ3) is 7.90. The van der Waals surface area contributed by atoms with E-state index in [0.717, 1.165) is 0 Å². The maximum absolute atomic E-state index is 15.4. The third-order valence-corrected chi connectivity index (χ3v) is 9.29. The second-order valence-electron chi connectivity index (χ2n) is 12.6. The zero-order valence-corrected chi connectivity index (χ0v) is 30.4. The van der Waals surface area contributed by atoms with E-state index < -0.39 is 144 Å². The normalized spacial score (nSPS) is 12.5. The molecule has 5 aromatic carbocycles. The van der Waals surface area contributed by atoms with Gasteiger partial charge in [-0.1, -0.05) is 44.2 Å². The number of allylic oxidation sites excluding steroid dienone is 4. The van der Waals surface area contributed by atoms with Crippen molar-refractivity contribution in [3.63, 3.8) is 0 Å². The van der Waals surface area contributed by atoms with Crippen molar-refractivity contribution in [3.8, 4) is 0 Å². The molecule has 0 unspecified atom stereocenters. The first-order valence-electron chi connectivity index (χ1n) is 16.2. The van der Waals surface area contributed by atoms with Crippen LogP contribution in [-0.2, 0) is 16.0 Å². The van der Waals surface area contributed by atoms with Gasteiger partial charge in [0.25, 0.3) is 0 Å². The van der Waals surface area contributed by atoms with Gasteiger partial charge in [0.2, 0.25) is 0 Å². The molecule has 0 atom stereocenters. The van der Waals surface area contributed by atoms with Crippen LogP contribution in [0.5, 0.6) is 0 Å². The standard InChI is InChI=1S/C24BF20.C9H12.C5H5.Fe/c26-5-1(6(27)14(35)21(42)13(5)34)25(2-7(28)15(36)22(43)16(37)8(2)29,3-9(30)17(38)23(44)18(39)10(3)31)4-11(32)19(40)24(45)20(41)12(4)33;1-8(2)9-6-4-3-5-7-9;1-2-4-5-3-1;/h;3-8H,1-2H3;1-5H;/q-1;;;+1. The van der Waals surface area contributed by atoms with Crippen LogP contribution in [-0.4, -0.2) is 6.15 Å². The molecular weight excluding hydrogens is 903 g/mol. The van der Waals surface area contributed by atoms with E-state index in [0.29, 0.717) is 10.7 Å². The third-order valence-electron chi connectivity index (χ3n) is 8.86. The van der Waals surface area contributed by atoms with Crippen LogP contribution in [0.3, 0.4) is 0 Å². The fourth-order valence-electron chi connectivity index (χ4n) is 6.11. The number of hydrogen-bond acceptors (Lipinski definition) is 0. The first-order chi connectivity index (χ1) is 27.9. The molecule has 0 heterocycles. The Labute approximate surface area is 332 Å². The van der Waals surface area contributed by atoms with Crippen molar-refractivity contribution in [1.82, 2.24) is 0 Å². The van der Waals surface area contributed by atoms with Gasteiger partial charge in [-0.05, 0) is 11.5 Å². The summed E-state index contributed by atoms with van der Waals surface area (Å²) >= 11 is 3.76. The van der Waals surface area contributed by atoms with Crippen LogP contribution in [0.1, 0.15) is 25.3 Å². The molecular formula is C38H17BF20Fe. The molecule has 0 aromatic heterocycles. The molecule has 60 heavy (non-hydrogen) atoms. The predicted octanol–water partition coefficient (Wildman–Crippen LogP) is 10.1. The zero-order valence-electron chi connectivity index (χ0n) is 29.3. The van der Waals surface area contributed by atoms with Crippen LogP contribution in [0, 0.1) is 116 Å². The van der Waals surface area contributed by atoms with E-state index >= 15 is 35.1 Å².